The molecular weight excluding hydrogens is 258 g/mol. The average molecular weight is 281 g/mol. The number of carboxylic acid groups (broad SMARTS) is 1. The third-order valence-corrected chi connectivity index (χ3v) is 2.78. The lowest BCUT2D eigenvalue weighted by molar-refractivity contribution is -0.137. The predicted molar refractivity (Wildman–Crippen MR) is 77.3 cm³/mol. The summed E-state index contributed by atoms with van der Waals surface area (Å²) < 4.78 is 5.60. The van der Waals surface area contributed by atoms with Crippen LogP contribution in [-0.4, -0.2) is 39.7 Å². The van der Waals surface area contributed by atoms with E-state index in [2.05, 4.69) is 9.97 Å². The van der Waals surface area contributed by atoms with Crippen molar-refractivity contribution in [2.24, 2.45) is 0 Å². The van der Waals surface area contributed by atoms with E-state index in [0.29, 0.717) is 18.4 Å². The Balaban J connectivity index is 3.02. The normalized spacial score (nSPS) is 12.3. The van der Waals surface area contributed by atoms with Gasteiger partial charge < -0.3 is 14.7 Å². The van der Waals surface area contributed by atoms with Crippen molar-refractivity contribution in [2.75, 3.05) is 11.4 Å². The molecular formula is C14H23N3O3. The van der Waals surface area contributed by atoms with Gasteiger partial charge in [-0.1, -0.05) is 0 Å². The zero-order chi connectivity index (χ0) is 15.3. The van der Waals surface area contributed by atoms with Gasteiger partial charge in [-0.2, -0.15) is 4.98 Å². The number of anilines is 1. The molecule has 6 heteroatoms. The molecule has 20 heavy (non-hydrogen) atoms. The lowest BCUT2D eigenvalue weighted by Gasteiger charge is -2.27. The average Bonchev–Trinajstić information content (AvgIpc) is 2.26. The summed E-state index contributed by atoms with van der Waals surface area (Å²) in [5, 5.41) is 8.91. The van der Waals surface area contributed by atoms with Crippen molar-refractivity contribution in [1.29, 1.82) is 0 Å². The molecule has 1 aromatic heterocycles. The Kier molecular flexibility index (Phi) is 5.73. The summed E-state index contributed by atoms with van der Waals surface area (Å²) in [6.45, 7) is 10.2. The quantitative estimate of drug-likeness (QED) is 0.826. The number of ether oxygens (including phenoxy) is 1. The van der Waals surface area contributed by atoms with Crippen LogP contribution in [0, 0.1) is 6.92 Å². The van der Waals surface area contributed by atoms with Crippen LogP contribution in [0.4, 0.5) is 5.95 Å². The van der Waals surface area contributed by atoms with E-state index in [9.17, 15) is 4.79 Å². The maximum atomic E-state index is 10.8. The van der Waals surface area contributed by atoms with Gasteiger partial charge in [-0.25, -0.2) is 4.98 Å². The maximum absolute atomic E-state index is 10.8. The first-order chi connectivity index (χ1) is 9.33. The van der Waals surface area contributed by atoms with Gasteiger partial charge in [0.25, 0.3) is 0 Å². The van der Waals surface area contributed by atoms with Crippen LogP contribution in [0.1, 0.15) is 39.8 Å². The number of aliphatic carboxylic acids is 1. The molecule has 0 aliphatic rings. The van der Waals surface area contributed by atoms with Crippen LogP contribution in [-0.2, 0) is 4.79 Å². The molecule has 1 rings (SSSR count). The molecule has 0 aliphatic carbocycles. The van der Waals surface area contributed by atoms with E-state index in [4.69, 9.17) is 9.84 Å². The molecule has 0 aromatic carbocycles. The smallest absolute Gasteiger partial charge is 0.305 e. The number of rotatable bonds is 7. The van der Waals surface area contributed by atoms with Gasteiger partial charge in [0.1, 0.15) is 0 Å². The molecule has 0 amide bonds. The first-order valence-electron chi connectivity index (χ1n) is 6.84. The molecule has 112 valence electrons. The second kappa shape index (κ2) is 7.07. The topological polar surface area (TPSA) is 75.5 Å². The second-order valence-electron chi connectivity index (χ2n) is 5.05. The Hall–Kier alpha value is -1.85. The highest BCUT2D eigenvalue weighted by molar-refractivity contribution is 5.68. The van der Waals surface area contributed by atoms with E-state index in [1.807, 2.05) is 39.5 Å². The highest BCUT2D eigenvalue weighted by Crippen LogP contribution is 2.19. The lowest BCUT2D eigenvalue weighted by Crippen LogP contribution is -2.36. The van der Waals surface area contributed by atoms with E-state index in [-0.39, 0.29) is 18.6 Å². The standard InChI is InChI=1S/C14H23N3O3/c1-6-17(11(5)8-13(18)19)14-15-10(4)7-12(16-14)20-9(2)3/h7,9,11H,6,8H2,1-5H3,(H,18,19). The van der Waals surface area contributed by atoms with Crippen molar-refractivity contribution in [3.05, 3.63) is 11.8 Å². The fourth-order valence-corrected chi connectivity index (χ4v) is 1.97. The number of hydrogen-bond donors (Lipinski definition) is 1. The van der Waals surface area contributed by atoms with Gasteiger partial charge in [-0.15, -0.1) is 0 Å². The van der Waals surface area contributed by atoms with E-state index in [1.54, 1.807) is 6.07 Å². The summed E-state index contributed by atoms with van der Waals surface area (Å²) in [4.78, 5) is 21.5. The summed E-state index contributed by atoms with van der Waals surface area (Å²) in [5.74, 6) is 0.197. The van der Waals surface area contributed by atoms with E-state index < -0.39 is 5.97 Å². The summed E-state index contributed by atoms with van der Waals surface area (Å²) >= 11 is 0. The fourth-order valence-electron chi connectivity index (χ4n) is 1.97. The fraction of sp³-hybridized carbons (Fsp3) is 0.643. The number of hydrogen-bond acceptors (Lipinski definition) is 5. The molecule has 6 nitrogen and oxygen atoms in total. The lowest BCUT2D eigenvalue weighted by atomic mass is 10.2. The van der Waals surface area contributed by atoms with Gasteiger partial charge in [0, 0.05) is 24.3 Å². The first kappa shape index (κ1) is 16.2. The minimum absolute atomic E-state index is 0.0312. The Bertz CT molecular complexity index is 463. The number of carbonyl (C=O) groups is 1. The van der Waals surface area contributed by atoms with Crippen LogP contribution >= 0.6 is 0 Å². The molecule has 1 unspecified atom stereocenters. The molecule has 1 aromatic rings. The zero-order valence-corrected chi connectivity index (χ0v) is 12.8. The van der Waals surface area contributed by atoms with Gasteiger partial charge in [0.2, 0.25) is 11.8 Å². The minimum Gasteiger partial charge on any atom is -0.481 e. The van der Waals surface area contributed by atoms with Crippen LogP contribution in [0.2, 0.25) is 0 Å². The third kappa shape index (κ3) is 4.68. The zero-order valence-electron chi connectivity index (χ0n) is 12.8. The van der Waals surface area contributed by atoms with Crippen LogP contribution < -0.4 is 9.64 Å². The molecule has 1 heterocycles. The number of aryl methyl sites for hydroxylation is 1. The highest BCUT2D eigenvalue weighted by atomic mass is 16.5. The van der Waals surface area contributed by atoms with Crippen LogP contribution in [0.25, 0.3) is 0 Å². The largest absolute Gasteiger partial charge is 0.481 e. The number of aromatic nitrogens is 2. The van der Waals surface area contributed by atoms with Crippen molar-refractivity contribution in [3.63, 3.8) is 0 Å². The Labute approximate surface area is 119 Å². The monoisotopic (exact) mass is 281 g/mol. The van der Waals surface area contributed by atoms with E-state index in [1.165, 1.54) is 0 Å². The first-order valence-corrected chi connectivity index (χ1v) is 6.84. The summed E-state index contributed by atoms with van der Waals surface area (Å²) in [5.41, 5.74) is 0.798. The van der Waals surface area contributed by atoms with Gasteiger partial charge >= 0.3 is 5.97 Å². The molecule has 1 atom stereocenters. The molecule has 0 fully saturated rings. The van der Waals surface area contributed by atoms with Crippen molar-refractivity contribution in [1.82, 2.24) is 9.97 Å². The summed E-state index contributed by atoms with van der Waals surface area (Å²) in [6, 6.07) is 1.60. The summed E-state index contributed by atoms with van der Waals surface area (Å²) in [7, 11) is 0. The van der Waals surface area contributed by atoms with Crippen molar-refractivity contribution < 1.29 is 14.6 Å². The van der Waals surface area contributed by atoms with E-state index >= 15 is 0 Å². The maximum Gasteiger partial charge on any atom is 0.305 e. The van der Waals surface area contributed by atoms with Gasteiger partial charge in [-0.3, -0.25) is 4.79 Å². The van der Waals surface area contributed by atoms with Crippen molar-refractivity contribution in [2.45, 2.75) is 53.2 Å². The van der Waals surface area contributed by atoms with Crippen molar-refractivity contribution in [3.8, 4) is 5.88 Å². The molecule has 0 spiro atoms. The van der Waals surface area contributed by atoms with Gasteiger partial charge in [0.15, 0.2) is 0 Å². The van der Waals surface area contributed by atoms with Gasteiger partial charge in [0.05, 0.1) is 12.5 Å². The molecule has 0 aliphatic heterocycles. The molecule has 0 saturated heterocycles. The van der Waals surface area contributed by atoms with Gasteiger partial charge in [-0.05, 0) is 34.6 Å². The molecule has 0 saturated carbocycles. The second-order valence-corrected chi connectivity index (χ2v) is 5.05. The molecule has 0 bridgehead atoms. The number of carboxylic acids is 1. The van der Waals surface area contributed by atoms with Crippen molar-refractivity contribution >= 4 is 11.9 Å². The number of nitrogens with zero attached hydrogens (tertiary/aromatic N) is 3. The Morgan fingerprint density at radius 1 is 1.40 bits per heavy atom. The SMILES string of the molecule is CCN(c1nc(C)cc(OC(C)C)n1)C(C)CC(=O)O. The minimum atomic E-state index is -0.831. The van der Waals surface area contributed by atoms with Crippen LogP contribution in [0.5, 0.6) is 5.88 Å². The highest BCUT2D eigenvalue weighted by Gasteiger charge is 2.19. The summed E-state index contributed by atoms with van der Waals surface area (Å²) in [6.07, 6.45) is 0.0783. The molecule has 1 N–H and O–H groups in total. The van der Waals surface area contributed by atoms with Crippen LogP contribution in [0.3, 0.4) is 0 Å². The molecule has 0 radical (unpaired) electrons. The Morgan fingerprint density at radius 2 is 2.05 bits per heavy atom. The Morgan fingerprint density at radius 3 is 2.55 bits per heavy atom. The van der Waals surface area contributed by atoms with Crippen LogP contribution in [0.15, 0.2) is 6.07 Å². The van der Waals surface area contributed by atoms with E-state index in [0.717, 1.165) is 5.69 Å². The predicted octanol–water partition coefficient (Wildman–Crippen LogP) is 2.26. The third-order valence-electron chi connectivity index (χ3n) is 2.78.